The van der Waals surface area contributed by atoms with Gasteiger partial charge in [-0.1, -0.05) is 29.8 Å². The fraction of sp³-hybridized carbons (Fsp3) is 0.467. The maximum atomic E-state index is 13.2. The molecule has 0 aliphatic carbocycles. The maximum Gasteiger partial charge on any atom is 0.303 e. The van der Waals surface area contributed by atoms with Gasteiger partial charge in [0.2, 0.25) is 0 Å². The van der Waals surface area contributed by atoms with Crippen LogP contribution in [0.2, 0.25) is 0 Å². The summed E-state index contributed by atoms with van der Waals surface area (Å²) < 4.78 is 13.7. The number of aliphatic carboxylic acids is 1. The normalized spacial score (nSPS) is 12.2. The molecule has 0 saturated carbocycles. The van der Waals surface area contributed by atoms with E-state index >= 15 is 0 Å². The van der Waals surface area contributed by atoms with E-state index in [1.165, 1.54) is 12.1 Å². The molecule has 116 valence electrons. The van der Waals surface area contributed by atoms with Crippen LogP contribution < -0.4 is 5.32 Å². The summed E-state index contributed by atoms with van der Waals surface area (Å²) >= 11 is 3.13. The number of nitrogens with one attached hydrogen (secondary N) is 1. The minimum atomic E-state index is -0.886. The highest BCUT2D eigenvalue weighted by atomic mass is 79.9. The average Bonchev–Trinajstić information content (AvgIpc) is 2.32. The third kappa shape index (κ3) is 6.71. The Labute approximate surface area is 131 Å². The third-order valence-corrected chi connectivity index (χ3v) is 3.40. The van der Waals surface area contributed by atoms with E-state index in [4.69, 9.17) is 5.11 Å². The number of carboxylic acids is 1. The quantitative estimate of drug-likeness (QED) is 0.783. The molecule has 0 bridgehead atoms. The molecule has 1 unspecified atom stereocenters. The van der Waals surface area contributed by atoms with Crippen LogP contribution in [0.1, 0.15) is 37.0 Å². The molecule has 2 N–H and O–H groups in total. The first-order valence-electron chi connectivity index (χ1n) is 6.74. The van der Waals surface area contributed by atoms with Gasteiger partial charge in [0.05, 0.1) is 0 Å². The summed E-state index contributed by atoms with van der Waals surface area (Å²) in [5.41, 5.74) is 0.209. The molecular formula is C15H19BrFNO3. The van der Waals surface area contributed by atoms with E-state index in [9.17, 15) is 14.0 Å². The Morgan fingerprint density at radius 3 is 2.52 bits per heavy atom. The van der Waals surface area contributed by atoms with Crippen molar-refractivity contribution in [2.24, 2.45) is 11.8 Å². The zero-order valence-corrected chi connectivity index (χ0v) is 13.6. The van der Waals surface area contributed by atoms with Crippen molar-refractivity contribution < 1.29 is 19.1 Å². The number of hydrogen-bond donors (Lipinski definition) is 2. The molecule has 1 amide bonds. The highest BCUT2D eigenvalue weighted by Crippen LogP contribution is 2.17. The first kappa shape index (κ1) is 17.6. The first-order valence-corrected chi connectivity index (χ1v) is 7.53. The van der Waals surface area contributed by atoms with Crippen LogP contribution in [-0.4, -0.2) is 23.5 Å². The molecule has 0 radical (unpaired) electrons. The molecule has 4 nitrogen and oxygen atoms in total. The number of amides is 1. The van der Waals surface area contributed by atoms with Crippen molar-refractivity contribution in [3.8, 4) is 0 Å². The van der Waals surface area contributed by atoms with Crippen molar-refractivity contribution in [3.63, 3.8) is 0 Å². The molecule has 1 aromatic rings. The fourth-order valence-electron chi connectivity index (χ4n) is 2.18. The lowest BCUT2D eigenvalue weighted by Crippen LogP contribution is -2.31. The molecule has 21 heavy (non-hydrogen) atoms. The Hall–Kier alpha value is -1.43. The van der Waals surface area contributed by atoms with Crippen molar-refractivity contribution in [2.45, 2.75) is 26.7 Å². The lowest BCUT2D eigenvalue weighted by Gasteiger charge is -2.17. The summed E-state index contributed by atoms with van der Waals surface area (Å²) in [5, 5.41) is 11.6. The van der Waals surface area contributed by atoms with Crippen LogP contribution in [0.25, 0.3) is 0 Å². The number of carboxylic acid groups (broad SMARTS) is 1. The van der Waals surface area contributed by atoms with E-state index < -0.39 is 17.7 Å². The lowest BCUT2D eigenvalue weighted by molar-refractivity contribution is -0.138. The summed E-state index contributed by atoms with van der Waals surface area (Å²) in [7, 11) is 0. The Bertz CT molecular complexity index is 499. The van der Waals surface area contributed by atoms with Crippen molar-refractivity contribution in [1.82, 2.24) is 5.32 Å². The van der Waals surface area contributed by atoms with E-state index in [0.29, 0.717) is 16.8 Å². The lowest BCUT2D eigenvalue weighted by atomic mass is 9.94. The SMILES string of the molecule is CC(C)CC(CNC(=O)c1cc(F)cc(Br)c1)CC(=O)O. The van der Waals surface area contributed by atoms with Crippen LogP contribution in [0.5, 0.6) is 0 Å². The average molecular weight is 360 g/mol. The summed E-state index contributed by atoms with van der Waals surface area (Å²) in [6.07, 6.45) is 0.713. The second-order valence-electron chi connectivity index (χ2n) is 5.46. The molecule has 0 aliphatic heterocycles. The van der Waals surface area contributed by atoms with Crippen LogP contribution >= 0.6 is 15.9 Å². The second-order valence-corrected chi connectivity index (χ2v) is 6.38. The molecule has 1 rings (SSSR count). The minimum Gasteiger partial charge on any atom is -0.481 e. The predicted molar refractivity (Wildman–Crippen MR) is 81.6 cm³/mol. The van der Waals surface area contributed by atoms with Gasteiger partial charge in [0, 0.05) is 23.0 Å². The molecule has 0 spiro atoms. The summed E-state index contributed by atoms with van der Waals surface area (Å²) in [5.74, 6) is -1.59. The van der Waals surface area contributed by atoms with Gasteiger partial charge in [0.25, 0.3) is 5.91 Å². The highest BCUT2D eigenvalue weighted by molar-refractivity contribution is 9.10. The Balaban J connectivity index is 2.65. The molecule has 0 fully saturated rings. The van der Waals surface area contributed by atoms with Gasteiger partial charge in [0.1, 0.15) is 5.82 Å². The van der Waals surface area contributed by atoms with Gasteiger partial charge in [-0.3, -0.25) is 9.59 Å². The second kappa shape index (κ2) is 8.12. The number of halogens is 2. The van der Waals surface area contributed by atoms with E-state index in [1.54, 1.807) is 0 Å². The number of carbonyl (C=O) groups excluding carboxylic acids is 1. The van der Waals surface area contributed by atoms with Crippen LogP contribution in [0.4, 0.5) is 4.39 Å². The summed E-state index contributed by atoms with van der Waals surface area (Å²) in [4.78, 5) is 22.8. The van der Waals surface area contributed by atoms with Crippen molar-refractivity contribution >= 4 is 27.8 Å². The van der Waals surface area contributed by atoms with Gasteiger partial charge in [-0.15, -0.1) is 0 Å². The number of benzene rings is 1. The van der Waals surface area contributed by atoms with Gasteiger partial charge < -0.3 is 10.4 Å². The maximum absolute atomic E-state index is 13.2. The summed E-state index contributed by atoms with van der Waals surface area (Å²) in [6.45, 7) is 4.26. The molecule has 6 heteroatoms. The predicted octanol–water partition coefficient (Wildman–Crippen LogP) is 3.46. The number of hydrogen-bond acceptors (Lipinski definition) is 2. The Morgan fingerprint density at radius 2 is 2.00 bits per heavy atom. The molecular weight excluding hydrogens is 341 g/mol. The van der Waals surface area contributed by atoms with Crippen molar-refractivity contribution in [1.29, 1.82) is 0 Å². The number of carbonyl (C=O) groups is 2. The van der Waals surface area contributed by atoms with Gasteiger partial charge in [-0.05, 0) is 36.5 Å². The fourth-order valence-corrected chi connectivity index (χ4v) is 2.64. The van der Waals surface area contributed by atoms with E-state index in [0.717, 1.165) is 6.07 Å². The van der Waals surface area contributed by atoms with E-state index in [2.05, 4.69) is 21.2 Å². The molecule has 1 atom stereocenters. The standard InChI is InChI=1S/C15H19BrFNO3/c1-9(2)3-10(4-14(19)20)8-18-15(21)11-5-12(16)7-13(17)6-11/h5-7,9-10H,3-4,8H2,1-2H3,(H,18,21)(H,19,20). The van der Waals surface area contributed by atoms with Gasteiger partial charge in [-0.25, -0.2) is 4.39 Å². The summed E-state index contributed by atoms with van der Waals surface area (Å²) in [6, 6.07) is 3.94. The highest BCUT2D eigenvalue weighted by Gasteiger charge is 2.17. The van der Waals surface area contributed by atoms with Crippen LogP contribution in [-0.2, 0) is 4.79 Å². The largest absolute Gasteiger partial charge is 0.481 e. The third-order valence-electron chi connectivity index (χ3n) is 2.94. The number of rotatable bonds is 7. The zero-order valence-electron chi connectivity index (χ0n) is 12.0. The molecule has 0 heterocycles. The molecule has 0 aliphatic rings. The Morgan fingerprint density at radius 1 is 1.33 bits per heavy atom. The molecule has 0 aromatic heterocycles. The van der Waals surface area contributed by atoms with Crippen LogP contribution in [0.3, 0.4) is 0 Å². The smallest absolute Gasteiger partial charge is 0.303 e. The molecule has 0 saturated heterocycles. The van der Waals surface area contributed by atoms with E-state index in [1.807, 2.05) is 13.8 Å². The monoisotopic (exact) mass is 359 g/mol. The topological polar surface area (TPSA) is 66.4 Å². The molecule has 1 aromatic carbocycles. The Kier molecular flexibility index (Phi) is 6.81. The van der Waals surface area contributed by atoms with Crippen LogP contribution in [0, 0.1) is 17.7 Å². The van der Waals surface area contributed by atoms with Gasteiger partial charge in [0.15, 0.2) is 0 Å². The zero-order chi connectivity index (χ0) is 16.0. The van der Waals surface area contributed by atoms with Gasteiger partial charge in [-0.2, -0.15) is 0 Å². The van der Waals surface area contributed by atoms with E-state index in [-0.39, 0.29) is 24.4 Å². The minimum absolute atomic E-state index is 0.00526. The van der Waals surface area contributed by atoms with Crippen molar-refractivity contribution in [3.05, 3.63) is 34.1 Å². The van der Waals surface area contributed by atoms with Crippen molar-refractivity contribution in [2.75, 3.05) is 6.54 Å². The van der Waals surface area contributed by atoms with Crippen LogP contribution in [0.15, 0.2) is 22.7 Å². The van der Waals surface area contributed by atoms with Gasteiger partial charge >= 0.3 is 5.97 Å². The first-order chi connectivity index (χ1) is 9.77.